The van der Waals surface area contributed by atoms with Gasteiger partial charge in [0.2, 0.25) is 0 Å². The fraction of sp³-hybridized carbons (Fsp3) is 0.167. The third kappa shape index (κ3) is 3.93. The number of hydrogen-bond donors (Lipinski definition) is 2. The van der Waals surface area contributed by atoms with Gasteiger partial charge in [0.05, 0.1) is 18.7 Å². The number of amides is 2. The molecular weight excluding hydrogens is 358 g/mol. The number of ether oxygens (including phenoxy) is 1. The van der Waals surface area contributed by atoms with Crippen LogP contribution in [0.15, 0.2) is 47.3 Å². The summed E-state index contributed by atoms with van der Waals surface area (Å²) in [7, 11) is 1.47. The van der Waals surface area contributed by atoms with E-state index in [4.69, 9.17) is 4.74 Å². The second-order valence-corrected chi connectivity index (χ2v) is 5.58. The second-order valence-electron chi connectivity index (χ2n) is 5.58. The van der Waals surface area contributed by atoms with E-state index in [9.17, 15) is 18.4 Å². The van der Waals surface area contributed by atoms with Gasteiger partial charge in [0.25, 0.3) is 0 Å². The van der Waals surface area contributed by atoms with Crippen LogP contribution >= 0.6 is 0 Å². The smallest absolute Gasteiger partial charge is 0.349 e. The number of nitrogens with zero attached hydrogens (tertiary/aromatic N) is 2. The zero-order valence-electron chi connectivity index (χ0n) is 14.3. The van der Waals surface area contributed by atoms with Gasteiger partial charge in [-0.3, -0.25) is 9.88 Å². The van der Waals surface area contributed by atoms with Crippen molar-refractivity contribution in [3.63, 3.8) is 0 Å². The lowest BCUT2D eigenvalue weighted by Crippen LogP contribution is -2.31. The monoisotopic (exact) mass is 374 g/mol. The molecule has 3 aromatic rings. The van der Waals surface area contributed by atoms with Gasteiger partial charge >= 0.3 is 11.7 Å². The molecular formula is C18H16F2N4O3. The number of halogens is 2. The van der Waals surface area contributed by atoms with Crippen LogP contribution in [0.4, 0.5) is 25.1 Å². The van der Waals surface area contributed by atoms with Crippen LogP contribution in [0.2, 0.25) is 0 Å². The van der Waals surface area contributed by atoms with Gasteiger partial charge in [0, 0.05) is 12.5 Å². The number of urea groups is 1. The Labute approximate surface area is 152 Å². The molecule has 0 fully saturated rings. The topological polar surface area (TPSA) is 85.2 Å². The number of benzene rings is 2. The van der Waals surface area contributed by atoms with Gasteiger partial charge in [-0.05, 0) is 24.3 Å². The lowest BCUT2D eigenvalue weighted by Gasteiger charge is -2.16. The lowest BCUT2D eigenvalue weighted by atomic mass is 10.2. The summed E-state index contributed by atoms with van der Waals surface area (Å²) in [5, 5.41) is 5.12. The summed E-state index contributed by atoms with van der Waals surface area (Å²) >= 11 is 0. The Kier molecular flexibility index (Phi) is 5.41. The Balaban J connectivity index is 1.99. The fourth-order valence-electron chi connectivity index (χ4n) is 2.57. The summed E-state index contributed by atoms with van der Waals surface area (Å²) in [6, 6.07) is 9.04. The van der Waals surface area contributed by atoms with Crippen LogP contribution in [0, 0.1) is 11.6 Å². The Morgan fingerprint density at radius 1 is 1.11 bits per heavy atom. The molecule has 3 rings (SSSR count). The predicted octanol–water partition coefficient (Wildman–Crippen LogP) is 2.97. The highest BCUT2D eigenvalue weighted by Crippen LogP contribution is 2.22. The summed E-state index contributed by atoms with van der Waals surface area (Å²) < 4.78 is 33.7. The molecule has 9 heteroatoms. The van der Waals surface area contributed by atoms with Crippen molar-refractivity contribution in [2.75, 3.05) is 24.4 Å². The normalized spacial score (nSPS) is 10.8. The van der Waals surface area contributed by atoms with Gasteiger partial charge in [-0.1, -0.05) is 18.2 Å². The Morgan fingerprint density at radius 3 is 2.52 bits per heavy atom. The number of methoxy groups -OCH3 is 1. The fourth-order valence-corrected chi connectivity index (χ4v) is 2.57. The largest absolute Gasteiger partial charge is 0.383 e. The quantitative estimate of drug-likeness (QED) is 0.719. The minimum Gasteiger partial charge on any atom is -0.383 e. The van der Waals surface area contributed by atoms with Crippen molar-refractivity contribution in [1.82, 2.24) is 9.55 Å². The van der Waals surface area contributed by atoms with Gasteiger partial charge < -0.3 is 10.1 Å². The first-order valence-corrected chi connectivity index (χ1v) is 8.02. The summed E-state index contributed by atoms with van der Waals surface area (Å²) in [4.78, 5) is 28.6. The maximum absolute atomic E-state index is 13.7. The number of carbonyl (C=O) groups excluding carboxylic acids is 1. The van der Waals surface area contributed by atoms with E-state index in [0.29, 0.717) is 10.9 Å². The third-order valence-electron chi connectivity index (χ3n) is 3.83. The molecule has 0 saturated heterocycles. The highest BCUT2D eigenvalue weighted by molar-refractivity contribution is 6.04. The first-order valence-electron chi connectivity index (χ1n) is 8.02. The van der Waals surface area contributed by atoms with E-state index < -0.39 is 29.0 Å². The van der Waals surface area contributed by atoms with Crippen molar-refractivity contribution in [1.29, 1.82) is 0 Å². The predicted molar refractivity (Wildman–Crippen MR) is 96.9 cm³/mol. The molecule has 0 spiro atoms. The molecule has 0 bridgehead atoms. The summed E-state index contributed by atoms with van der Waals surface area (Å²) in [5.74, 6) is -1.68. The molecule has 0 unspecified atom stereocenters. The first kappa shape index (κ1) is 18.5. The van der Waals surface area contributed by atoms with E-state index in [-0.39, 0.29) is 19.0 Å². The summed E-state index contributed by atoms with van der Waals surface area (Å²) in [5.41, 5.74) is -0.791. The SMILES string of the molecule is COCCn1c(NC(=O)Nc2c(F)cccc2F)c2ccccc2nc1=O. The van der Waals surface area contributed by atoms with Crippen molar-refractivity contribution >= 4 is 28.4 Å². The minimum atomic E-state index is -0.915. The molecule has 0 aliphatic rings. The molecule has 0 aliphatic heterocycles. The molecule has 1 aromatic heterocycles. The van der Waals surface area contributed by atoms with Crippen LogP contribution < -0.4 is 16.3 Å². The van der Waals surface area contributed by atoms with Gasteiger partial charge in [-0.25, -0.2) is 18.4 Å². The van der Waals surface area contributed by atoms with Gasteiger partial charge in [0.1, 0.15) is 23.1 Å². The standard InChI is InChI=1S/C18H16F2N4O3/c1-27-10-9-24-16(11-5-2-3-8-14(11)21-18(24)26)23-17(25)22-15-12(19)6-4-7-13(15)20/h2-8H,9-10H2,1H3,(H2,22,23,25). The highest BCUT2D eigenvalue weighted by Gasteiger charge is 2.16. The minimum absolute atomic E-state index is 0.136. The molecule has 2 amide bonds. The lowest BCUT2D eigenvalue weighted by molar-refractivity contribution is 0.186. The van der Waals surface area contributed by atoms with Crippen LogP contribution in [-0.2, 0) is 11.3 Å². The molecule has 0 saturated carbocycles. The van der Waals surface area contributed by atoms with Gasteiger partial charge in [-0.15, -0.1) is 0 Å². The molecule has 0 aliphatic carbocycles. The Hall–Kier alpha value is -3.33. The van der Waals surface area contributed by atoms with Crippen LogP contribution in [-0.4, -0.2) is 29.3 Å². The van der Waals surface area contributed by atoms with E-state index in [2.05, 4.69) is 15.6 Å². The maximum Gasteiger partial charge on any atom is 0.349 e. The average molecular weight is 374 g/mol. The zero-order chi connectivity index (χ0) is 19.4. The number of nitrogens with one attached hydrogen (secondary N) is 2. The Bertz CT molecular complexity index is 1030. The van der Waals surface area contributed by atoms with Crippen LogP contribution in [0.3, 0.4) is 0 Å². The number of para-hydroxylation sites is 2. The van der Waals surface area contributed by atoms with Crippen molar-refractivity contribution in [2.24, 2.45) is 0 Å². The summed E-state index contributed by atoms with van der Waals surface area (Å²) in [6.07, 6.45) is 0. The summed E-state index contributed by atoms with van der Waals surface area (Å²) in [6.45, 7) is 0.342. The molecule has 7 nitrogen and oxygen atoms in total. The second kappa shape index (κ2) is 7.92. The molecule has 2 N–H and O–H groups in total. The van der Waals surface area contributed by atoms with E-state index in [0.717, 1.165) is 12.1 Å². The van der Waals surface area contributed by atoms with E-state index in [1.807, 2.05) is 0 Å². The molecule has 27 heavy (non-hydrogen) atoms. The van der Waals surface area contributed by atoms with Crippen LogP contribution in [0.25, 0.3) is 10.9 Å². The number of anilines is 2. The number of aromatic nitrogens is 2. The molecule has 1 heterocycles. The van der Waals surface area contributed by atoms with Crippen molar-refractivity contribution in [3.8, 4) is 0 Å². The third-order valence-corrected chi connectivity index (χ3v) is 3.83. The van der Waals surface area contributed by atoms with Crippen LogP contribution in [0.5, 0.6) is 0 Å². The number of rotatable bonds is 5. The first-order chi connectivity index (χ1) is 13.0. The molecule has 0 atom stereocenters. The van der Waals surface area contributed by atoms with Crippen LogP contribution in [0.1, 0.15) is 0 Å². The maximum atomic E-state index is 13.7. The van der Waals surface area contributed by atoms with Crippen molar-refractivity contribution < 1.29 is 18.3 Å². The Morgan fingerprint density at radius 2 is 1.81 bits per heavy atom. The highest BCUT2D eigenvalue weighted by atomic mass is 19.1. The molecule has 0 radical (unpaired) electrons. The van der Waals surface area contributed by atoms with Crippen molar-refractivity contribution in [3.05, 3.63) is 64.6 Å². The van der Waals surface area contributed by atoms with E-state index in [1.54, 1.807) is 24.3 Å². The number of carbonyl (C=O) groups is 1. The van der Waals surface area contributed by atoms with E-state index in [1.165, 1.54) is 17.7 Å². The number of fused-ring (bicyclic) bond motifs is 1. The van der Waals surface area contributed by atoms with Gasteiger partial charge in [0.15, 0.2) is 0 Å². The number of hydrogen-bond acceptors (Lipinski definition) is 4. The average Bonchev–Trinajstić information content (AvgIpc) is 2.64. The molecule has 140 valence electrons. The molecule has 2 aromatic carbocycles. The zero-order valence-corrected chi connectivity index (χ0v) is 14.3. The van der Waals surface area contributed by atoms with Gasteiger partial charge in [-0.2, -0.15) is 4.98 Å². The van der Waals surface area contributed by atoms with E-state index >= 15 is 0 Å². The van der Waals surface area contributed by atoms with Crippen molar-refractivity contribution in [2.45, 2.75) is 6.54 Å².